The van der Waals surface area contributed by atoms with E-state index in [9.17, 15) is 4.79 Å². The molecule has 2 aromatic rings. The molecule has 0 radical (unpaired) electrons. The fraction of sp³-hybridized carbons (Fsp3) is 0.0833. The maximum atomic E-state index is 10.3. The Morgan fingerprint density at radius 1 is 1.40 bits per heavy atom. The van der Waals surface area contributed by atoms with Crippen molar-refractivity contribution in [3.05, 3.63) is 41.6 Å². The lowest BCUT2D eigenvalue weighted by Crippen LogP contribution is -1.85. The number of fused-ring (bicyclic) bond motifs is 1. The topological polar surface area (TPSA) is 53.1 Å². The minimum absolute atomic E-state index is 0.804. The maximum Gasteiger partial charge on any atom is 0.328 e. The fourth-order valence-electron chi connectivity index (χ4n) is 1.51. The highest BCUT2D eigenvalue weighted by atomic mass is 16.4. The van der Waals surface area contributed by atoms with Gasteiger partial charge in [0.05, 0.1) is 0 Å². The van der Waals surface area contributed by atoms with Crippen LogP contribution < -0.4 is 0 Å². The predicted octanol–water partition coefficient (Wildman–Crippen LogP) is 2.57. The molecule has 0 aliphatic heterocycles. The van der Waals surface area contributed by atoms with Gasteiger partial charge >= 0.3 is 5.97 Å². The highest BCUT2D eigenvalue weighted by Gasteiger charge is 1.98. The first-order valence-corrected chi connectivity index (χ1v) is 4.65. The van der Waals surface area contributed by atoms with Gasteiger partial charge in [-0.05, 0) is 36.1 Å². The summed E-state index contributed by atoms with van der Waals surface area (Å²) >= 11 is 0. The third-order valence-electron chi connectivity index (χ3n) is 2.20. The molecule has 76 valence electrons. The van der Waals surface area contributed by atoms with E-state index in [4.69, 9.17) is 5.11 Å². The minimum atomic E-state index is -0.940. The van der Waals surface area contributed by atoms with Crippen molar-refractivity contribution in [1.29, 1.82) is 0 Å². The van der Waals surface area contributed by atoms with Crippen molar-refractivity contribution < 1.29 is 9.90 Å². The van der Waals surface area contributed by atoms with E-state index >= 15 is 0 Å². The highest BCUT2D eigenvalue weighted by Crippen LogP contribution is 2.17. The Kier molecular flexibility index (Phi) is 2.29. The Morgan fingerprint density at radius 2 is 2.20 bits per heavy atom. The number of aromatic amines is 1. The molecule has 0 aliphatic rings. The third kappa shape index (κ3) is 2.07. The summed E-state index contributed by atoms with van der Waals surface area (Å²) in [5.41, 5.74) is 3.01. The molecule has 3 heteroatoms. The summed E-state index contributed by atoms with van der Waals surface area (Å²) in [5.74, 6) is -0.940. The number of aryl methyl sites for hydroxylation is 1. The molecule has 0 fully saturated rings. The van der Waals surface area contributed by atoms with Crippen LogP contribution in [0.25, 0.3) is 17.0 Å². The lowest BCUT2D eigenvalue weighted by Gasteiger charge is -1.90. The van der Waals surface area contributed by atoms with Crippen LogP contribution in [0.3, 0.4) is 0 Å². The Morgan fingerprint density at radius 3 is 2.93 bits per heavy atom. The molecule has 0 saturated heterocycles. The molecular formula is C12H11NO2. The van der Waals surface area contributed by atoms with E-state index in [1.807, 2.05) is 31.2 Å². The summed E-state index contributed by atoms with van der Waals surface area (Å²) in [6.07, 6.45) is 2.68. The number of carboxylic acid groups (broad SMARTS) is 1. The van der Waals surface area contributed by atoms with E-state index in [-0.39, 0.29) is 0 Å². The van der Waals surface area contributed by atoms with Crippen molar-refractivity contribution in [2.45, 2.75) is 6.92 Å². The summed E-state index contributed by atoms with van der Waals surface area (Å²) in [6.45, 7) is 2.02. The first-order valence-electron chi connectivity index (χ1n) is 4.65. The molecule has 3 nitrogen and oxygen atoms in total. The fourth-order valence-corrected chi connectivity index (χ4v) is 1.51. The van der Waals surface area contributed by atoms with Gasteiger partial charge in [-0.15, -0.1) is 0 Å². The van der Waals surface area contributed by atoms with Gasteiger partial charge in [0.2, 0.25) is 0 Å². The number of H-pyrrole nitrogens is 1. The number of hydrogen-bond acceptors (Lipinski definition) is 1. The van der Waals surface area contributed by atoms with Gasteiger partial charge in [0.25, 0.3) is 0 Å². The molecule has 0 amide bonds. The maximum absolute atomic E-state index is 10.3. The van der Waals surface area contributed by atoms with E-state index in [1.54, 1.807) is 6.08 Å². The lowest BCUT2D eigenvalue weighted by molar-refractivity contribution is -0.131. The van der Waals surface area contributed by atoms with Crippen LogP contribution in [0.15, 0.2) is 30.3 Å². The third-order valence-corrected chi connectivity index (χ3v) is 2.20. The largest absolute Gasteiger partial charge is 0.478 e. The monoisotopic (exact) mass is 201 g/mol. The van der Waals surface area contributed by atoms with Crippen LogP contribution in [0.4, 0.5) is 0 Å². The molecule has 2 rings (SSSR count). The SMILES string of the molecule is Cc1ccc2cc(/C=C/C(=O)O)[nH]c2c1. The van der Waals surface area contributed by atoms with Crippen LogP contribution in [0.1, 0.15) is 11.3 Å². The van der Waals surface area contributed by atoms with Crippen LogP contribution in [-0.2, 0) is 4.79 Å². The van der Waals surface area contributed by atoms with Crippen molar-refractivity contribution in [2.24, 2.45) is 0 Å². The normalized spacial score (nSPS) is 11.3. The molecule has 15 heavy (non-hydrogen) atoms. The molecule has 1 heterocycles. The van der Waals surface area contributed by atoms with E-state index in [1.165, 1.54) is 5.56 Å². The van der Waals surface area contributed by atoms with Gasteiger partial charge in [-0.25, -0.2) is 4.79 Å². The van der Waals surface area contributed by atoms with Crippen molar-refractivity contribution >= 4 is 22.9 Å². The van der Waals surface area contributed by atoms with Gasteiger partial charge < -0.3 is 10.1 Å². The zero-order valence-electron chi connectivity index (χ0n) is 8.32. The smallest absolute Gasteiger partial charge is 0.328 e. The second-order valence-corrected chi connectivity index (χ2v) is 3.49. The van der Waals surface area contributed by atoms with Gasteiger partial charge in [-0.1, -0.05) is 12.1 Å². The summed E-state index contributed by atoms with van der Waals surface area (Å²) in [4.78, 5) is 13.5. The van der Waals surface area contributed by atoms with Gasteiger partial charge in [0, 0.05) is 17.3 Å². The molecule has 1 aromatic heterocycles. The van der Waals surface area contributed by atoms with E-state index < -0.39 is 5.97 Å². The molecule has 0 unspecified atom stereocenters. The summed E-state index contributed by atoms with van der Waals surface area (Å²) in [5, 5.41) is 9.58. The van der Waals surface area contributed by atoms with Crippen molar-refractivity contribution in [3.63, 3.8) is 0 Å². The zero-order chi connectivity index (χ0) is 10.8. The standard InChI is InChI=1S/C12H11NO2/c1-8-2-3-9-7-10(4-5-12(14)15)13-11(9)6-8/h2-7,13H,1H3,(H,14,15)/b5-4+. The summed E-state index contributed by atoms with van der Waals surface area (Å²) in [6, 6.07) is 8.00. The predicted molar refractivity (Wildman–Crippen MR) is 59.7 cm³/mol. The number of rotatable bonds is 2. The number of benzene rings is 1. The van der Waals surface area contributed by atoms with Crippen LogP contribution >= 0.6 is 0 Å². The average Bonchev–Trinajstić information content (AvgIpc) is 2.56. The molecule has 0 atom stereocenters. The van der Waals surface area contributed by atoms with Gasteiger partial charge in [0.15, 0.2) is 0 Å². The van der Waals surface area contributed by atoms with Crippen LogP contribution in [-0.4, -0.2) is 16.1 Å². The quantitative estimate of drug-likeness (QED) is 0.734. The van der Waals surface area contributed by atoms with E-state index in [0.29, 0.717) is 0 Å². The van der Waals surface area contributed by atoms with Gasteiger partial charge in [-0.3, -0.25) is 0 Å². The lowest BCUT2D eigenvalue weighted by atomic mass is 10.2. The number of aliphatic carboxylic acids is 1. The van der Waals surface area contributed by atoms with E-state index in [0.717, 1.165) is 22.7 Å². The van der Waals surface area contributed by atoms with Crippen LogP contribution in [0.2, 0.25) is 0 Å². The molecule has 1 aromatic carbocycles. The van der Waals surface area contributed by atoms with Crippen molar-refractivity contribution in [3.8, 4) is 0 Å². The Hall–Kier alpha value is -2.03. The number of aromatic nitrogens is 1. The number of carboxylic acids is 1. The van der Waals surface area contributed by atoms with E-state index in [2.05, 4.69) is 4.98 Å². The Labute approximate surface area is 87.0 Å². The molecule has 0 spiro atoms. The van der Waals surface area contributed by atoms with Crippen molar-refractivity contribution in [1.82, 2.24) is 4.98 Å². The van der Waals surface area contributed by atoms with Crippen molar-refractivity contribution in [2.75, 3.05) is 0 Å². The number of nitrogens with one attached hydrogen (secondary N) is 1. The molecular weight excluding hydrogens is 190 g/mol. The zero-order valence-corrected chi connectivity index (χ0v) is 8.32. The first kappa shape index (κ1) is 9.52. The second kappa shape index (κ2) is 3.61. The molecule has 2 N–H and O–H groups in total. The molecule has 0 saturated carbocycles. The summed E-state index contributed by atoms with van der Waals surface area (Å²) < 4.78 is 0. The van der Waals surface area contributed by atoms with Crippen LogP contribution in [0, 0.1) is 6.92 Å². The number of hydrogen-bond donors (Lipinski definition) is 2. The van der Waals surface area contributed by atoms with Gasteiger partial charge in [-0.2, -0.15) is 0 Å². The minimum Gasteiger partial charge on any atom is -0.478 e. The second-order valence-electron chi connectivity index (χ2n) is 3.49. The van der Waals surface area contributed by atoms with Crippen LogP contribution in [0.5, 0.6) is 0 Å². The Bertz CT molecular complexity index is 538. The molecule has 0 aliphatic carbocycles. The average molecular weight is 201 g/mol. The molecule has 0 bridgehead atoms. The Balaban J connectivity index is 2.43. The van der Waals surface area contributed by atoms with Gasteiger partial charge in [0.1, 0.15) is 0 Å². The highest BCUT2D eigenvalue weighted by molar-refractivity contribution is 5.88. The summed E-state index contributed by atoms with van der Waals surface area (Å²) in [7, 11) is 0. The first-order chi connectivity index (χ1) is 7.15. The number of carbonyl (C=O) groups is 1.